The van der Waals surface area contributed by atoms with E-state index in [-0.39, 0.29) is 0 Å². The average Bonchev–Trinajstić information content (AvgIpc) is 2.39. The Bertz CT molecular complexity index is 389. The first-order valence-electron chi connectivity index (χ1n) is 6.63. The van der Waals surface area contributed by atoms with E-state index in [1.165, 1.54) is 0 Å². The molecule has 1 saturated heterocycles. The summed E-state index contributed by atoms with van der Waals surface area (Å²) in [6, 6.07) is 2.04. The second kappa shape index (κ2) is 6.00. The summed E-state index contributed by atoms with van der Waals surface area (Å²) in [5.41, 5.74) is 0.997. The molecule has 1 fully saturated rings. The van der Waals surface area contributed by atoms with E-state index in [1.807, 2.05) is 20.0 Å². The summed E-state index contributed by atoms with van der Waals surface area (Å²) in [7, 11) is 1.85. The number of rotatable bonds is 4. The fourth-order valence-corrected chi connectivity index (χ4v) is 2.31. The molecule has 2 rings (SSSR count). The lowest BCUT2D eigenvalue weighted by Gasteiger charge is -2.32. The fourth-order valence-electron chi connectivity index (χ4n) is 2.31. The van der Waals surface area contributed by atoms with Crippen LogP contribution in [0.4, 0.5) is 11.8 Å². The van der Waals surface area contributed by atoms with E-state index in [1.54, 1.807) is 0 Å². The Morgan fingerprint density at radius 1 is 1.39 bits per heavy atom. The van der Waals surface area contributed by atoms with E-state index in [4.69, 9.17) is 4.74 Å². The second-order valence-corrected chi connectivity index (χ2v) is 4.58. The van der Waals surface area contributed by atoms with Crippen LogP contribution in [0, 0.1) is 6.92 Å². The SMILES string of the molecule is CCOC1CCN(c2cc(C)nc(NC)n2)CC1. The molecule has 2 heterocycles. The van der Waals surface area contributed by atoms with E-state index in [9.17, 15) is 0 Å². The van der Waals surface area contributed by atoms with E-state index < -0.39 is 0 Å². The van der Waals surface area contributed by atoms with Gasteiger partial charge in [0.25, 0.3) is 0 Å². The Balaban J connectivity index is 2.02. The number of aryl methyl sites for hydroxylation is 1. The minimum absolute atomic E-state index is 0.415. The van der Waals surface area contributed by atoms with Gasteiger partial charge in [-0.25, -0.2) is 4.98 Å². The lowest BCUT2D eigenvalue weighted by molar-refractivity contribution is 0.0458. The van der Waals surface area contributed by atoms with Gasteiger partial charge < -0.3 is 15.0 Å². The van der Waals surface area contributed by atoms with Crippen LogP contribution in [0.5, 0.6) is 0 Å². The number of nitrogens with zero attached hydrogens (tertiary/aromatic N) is 3. The molecule has 0 unspecified atom stereocenters. The highest BCUT2D eigenvalue weighted by Crippen LogP contribution is 2.21. The third kappa shape index (κ3) is 3.10. The predicted molar refractivity (Wildman–Crippen MR) is 73.2 cm³/mol. The molecule has 1 aliphatic rings. The van der Waals surface area contributed by atoms with E-state index in [0.29, 0.717) is 12.1 Å². The van der Waals surface area contributed by atoms with Gasteiger partial charge >= 0.3 is 0 Å². The van der Waals surface area contributed by atoms with Crippen molar-refractivity contribution < 1.29 is 4.74 Å². The normalized spacial score (nSPS) is 16.9. The standard InChI is InChI=1S/C13H22N4O/c1-4-18-11-5-7-17(8-6-11)12-9-10(2)15-13(14-3)16-12/h9,11H,4-8H2,1-3H3,(H,14,15,16). The van der Waals surface area contributed by atoms with Crippen LogP contribution in [0.15, 0.2) is 6.07 Å². The van der Waals surface area contributed by atoms with Crippen LogP contribution in [-0.2, 0) is 4.74 Å². The van der Waals surface area contributed by atoms with Crippen molar-refractivity contribution in [3.05, 3.63) is 11.8 Å². The first-order chi connectivity index (χ1) is 8.72. The van der Waals surface area contributed by atoms with Crippen LogP contribution >= 0.6 is 0 Å². The second-order valence-electron chi connectivity index (χ2n) is 4.58. The Hall–Kier alpha value is -1.36. The van der Waals surface area contributed by atoms with Gasteiger partial charge in [0, 0.05) is 38.5 Å². The molecule has 18 heavy (non-hydrogen) atoms. The number of nitrogens with one attached hydrogen (secondary N) is 1. The lowest BCUT2D eigenvalue weighted by Crippen LogP contribution is -2.37. The molecule has 0 amide bonds. The number of hydrogen-bond donors (Lipinski definition) is 1. The Morgan fingerprint density at radius 2 is 2.11 bits per heavy atom. The molecule has 0 spiro atoms. The number of piperidine rings is 1. The highest BCUT2D eigenvalue weighted by Gasteiger charge is 2.20. The van der Waals surface area contributed by atoms with E-state index >= 15 is 0 Å². The van der Waals surface area contributed by atoms with Gasteiger partial charge in [-0.05, 0) is 26.7 Å². The van der Waals surface area contributed by atoms with E-state index in [0.717, 1.165) is 44.0 Å². The van der Waals surface area contributed by atoms with Gasteiger partial charge in [0.15, 0.2) is 0 Å². The highest BCUT2D eigenvalue weighted by atomic mass is 16.5. The molecule has 5 nitrogen and oxygen atoms in total. The zero-order valence-electron chi connectivity index (χ0n) is 11.4. The molecule has 0 aliphatic carbocycles. The van der Waals surface area contributed by atoms with Crippen LogP contribution < -0.4 is 10.2 Å². The summed E-state index contributed by atoms with van der Waals surface area (Å²) in [4.78, 5) is 11.1. The van der Waals surface area contributed by atoms with Gasteiger partial charge in [-0.1, -0.05) is 0 Å². The highest BCUT2D eigenvalue weighted by molar-refractivity contribution is 5.44. The molecule has 1 aromatic heterocycles. The van der Waals surface area contributed by atoms with Gasteiger partial charge in [-0.3, -0.25) is 0 Å². The van der Waals surface area contributed by atoms with Gasteiger partial charge in [-0.15, -0.1) is 0 Å². The molecule has 1 aromatic rings. The summed E-state index contributed by atoms with van der Waals surface area (Å²) < 4.78 is 5.66. The minimum Gasteiger partial charge on any atom is -0.378 e. The first-order valence-corrected chi connectivity index (χ1v) is 6.63. The minimum atomic E-state index is 0.415. The predicted octanol–water partition coefficient (Wildman–Crippen LogP) is 1.83. The van der Waals surface area contributed by atoms with Gasteiger partial charge in [-0.2, -0.15) is 4.98 Å². The maximum Gasteiger partial charge on any atom is 0.224 e. The van der Waals surface area contributed by atoms with Crippen molar-refractivity contribution in [2.75, 3.05) is 37.0 Å². The van der Waals surface area contributed by atoms with Gasteiger partial charge in [0.05, 0.1) is 6.10 Å². The molecule has 0 aromatic carbocycles. The zero-order chi connectivity index (χ0) is 13.0. The molecule has 100 valence electrons. The van der Waals surface area contributed by atoms with Crippen molar-refractivity contribution in [2.24, 2.45) is 0 Å². The van der Waals surface area contributed by atoms with Crippen molar-refractivity contribution >= 4 is 11.8 Å². The lowest BCUT2D eigenvalue weighted by atomic mass is 10.1. The van der Waals surface area contributed by atoms with Crippen molar-refractivity contribution in [3.63, 3.8) is 0 Å². The van der Waals surface area contributed by atoms with Crippen molar-refractivity contribution in [2.45, 2.75) is 32.8 Å². The van der Waals surface area contributed by atoms with Gasteiger partial charge in [0.2, 0.25) is 5.95 Å². The smallest absolute Gasteiger partial charge is 0.224 e. The number of hydrogen-bond acceptors (Lipinski definition) is 5. The molecular weight excluding hydrogens is 228 g/mol. The number of aromatic nitrogens is 2. The van der Waals surface area contributed by atoms with Crippen LogP contribution in [0.2, 0.25) is 0 Å². The molecule has 0 saturated carbocycles. The van der Waals surface area contributed by atoms with Gasteiger partial charge in [0.1, 0.15) is 5.82 Å². The van der Waals surface area contributed by atoms with E-state index in [2.05, 4.69) is 27.1 Å². The Labute approximate surface area is 109 Å². The number of ether oxygens (including phenoxy) is 1. The van der Waals surface area contributed by atoms with Crippen molar-refractivity contribution in [3.8, 4) is 0 Å². The molecule has 0 radical (unpaired) electrons. The fraction of sp³-hybridized carbons (Fsp3) is 0.692. The van der Waals surface area contributed by atoms with Crippen molar-refractivity contribution in [1.82, 2.24) is 9.97 Å². The summed E-state index contributed by atoms with van der Waals surface area (Å²) >= 11 is 0. The van der Waals surface area contributed by atoms with Crippen LogP contribution in [-0.4, -0.2) is 42.8 Å². The van der Waals surface area contributed by atoms with Crippen LogP contribution in [0.1, 0.15) is 25.5 Å². The average molecular weight is 250 g/mol. The molecule has 1 aliphatic heterocycles. The molecule has 5 heteroatoms. The summed E-state index contributed by atoms with van der Waals surface area (Å²) in [5, 5.41) is 3.00. The quantitative estimate of drug-likeness (QED) is 0.883. The summed E-state index contributed by atoms with van der Waals surface area (Å²) in [6.45, 7) is 6.87. The third-order valence-electron chi connectivity index (χ3n) is 3.23. The molecule has 0 atom stereocenters. The topological polar surface area (TPSA) is 50.3 Å². The largest absolute Gasteiger partial charge is 0.378 e. The molecular formula is C13H22N4O. The summed E-state index contributed by atoms with van der Waals surface area (Å²) in [6.07, 6.45) is 2.57. The zero-order valence-corrected chi connectivity index (χ0v) is 11.4. The Morgan fingerprint density at radius 3 is 2.72 bits per heavy atom. The van der Waals surface area contributed by atoms with Crippen LogP contribution in [0.25, 0.3) is 0 Å². The van der Waals surface area contributed by atoms with Crippen molar-refractivity contribution in [1.29, 1.82) is 0 Å². The Kier molecular flexibility index (Phi) is 4.36. The maximum absolute atomic E-state index is 5.66. The number of anilines is 2. The third-order valence-corrected chi connectivity index (χ3v) is 3.23. The van der Waals surface area contributed by atoms with Crippen LogP contribution in [0.3, 0.4) is 0 Å². The summed E-state index contributed by atoms with van der Waals surface area (Å²) in [5.74, 6) is 1.71. The monoisotopic (exact) mass is 250 g/mol. The molecule has 0 bridgehead atoms. The molecule has 1 N–H and O–H groups in total. The first kappa shape index (κ1) is 13.1. The maximum atomic E-state index is 5.66.